The van der Waals surface area contributed by atoms with Crippen molar-refractivity contribution in [1.82, 2.24) is 15.2 Å². The van der Waals surface area contributed by atoms with Crippen LogP contribution < -0.4 is 10.2 Å². The first kappa shape index (κ1) is 17.0. The van der Waals surface area contributed by atoms with Crippen LogP contribution in [0.15, 0.2) is 18.3 Å². The second-order valence-corrected chi connectivity index (χ2v) is 7.26. The van der Waals surface area contributed by atoms with Gasteiger partial charge in [-0.1, -0.05) is 0 Å². The SMILES string of the molecule is CC1(C)CN(C(=O)NCc2ccnc(N3CCCCC3)c2)CCO1. The standard InChI is InChI=1S/C18H28N4O2/c1-18(2)14-22(10-11-24-18)17(23)20-13-15-6-7-19-16(12-15)21-8-4-3-5-9-21/h6-7,12H,3-5,8-11,13-14H2,1-2H3,(H,20,23). The number of piperidine rings is 1. The van der Waals surface area contributed by atoms with Gasteiger partial charge in [0.05, 0.1) is 18.8 Å². The molecule has 3 heterocycles. The predicted molar refractivity (Wildman–Crippen MR) is 94.1 cm³/mol. The van der Waals surface area contributed by atoms with Crippen molar-refractivity contribution in [3.63, 3.8) is 0 Å². The first-order chi connectivity index (χ1) is 11.5. The molecule has 2 saturated heterocycles. The number of pyridine rings is 1. The number of nitrogens with one attached hydrogen (secondary N) is 1. The van der Waals surface area contributed by atoms with E-state index in [-0.39, 0.29) is 11.6 Å². The van der Waals surface area contributed by atoms with Crippen molar-refractivity contribution in [3.8, 4) is 0 Å². The van der Waals surface area contributed by atoms with Crippen molar-refractivity contribution in [2.45, 2.75) is 45.3 Å². The molecule has 6 heteroatoms. The smallest absolute Gasteiger partial charge is 0.317 e. The number of aromatic nitrogens is 1. The van der Waals surface area contributed by atoms with Crippen LogP contribution >= 0.6 is 0 Å². The summed E-state index contributed by atoms with van der Waals surface area (Å²) in [4.78, 5) is 21.0. The Morgan fingerprint density at radius 3 is 2.83 bits per heavy atom. The van der Waals surface area contributed by atoms with Gasteiger partial charge in [0.1, 0.15) is 5.82 Å². The topological polar surface area (TPSA) is 57.7 Å². The number of carbonyl (C=O) groups excluding carboxylic acids is 1. The fraction of sp³-hybridized carbons (Fsp3) is 0.667. The molecular formula is C18H28N4O2. The Labute approximate surface area is 144 Å². The second-order valence-electron chi connectivity index (χ2n) is 7.26. The molecule has 2 aliphatic heterocycles. The summed E-state index contributed by atoms with van der Waals surface area (Å²) in [6, 6.07) is 4.04. The molecule has 0 saturated carbocycles. The fourth-order valence-corrected chi connectivity index (χ4v) is 3.35. The summed E-state index contributed by atoms with van der Waals surface area (Å²) in [6.45, 7) is 8.56. The lowest BCUT2D eigenvalue weighted by Crippen LogP contribution is -2.53. The molecule has 0 radical (unpaired) electrons. The number of amides is 2. The van der Waals surface area contributed by atoms with Crippen molar-refractivity contribution < 1.29 is 9.53 Å². The highest BCUT2D eigenvalue weighted by Crippen LogP contribution is 2.19. The van der Waals surface area contributed by atoms with E-state index in [1.807, 2.05) is 31.0 Å². The molecule has 1 N–H and O–H groups in total. The average molecular weight is 332 g/mol. The normalized spacial score (nSPS) is 20.8. The number of anilines is 1. The minimum Gasteiger partial charge on any atom is -0.372 e. The Balaban J connectivity index is 1.55. The number of nitrogens with zero attached hydrogens (tertiary/aromatic N) is 3. The number of hydrogen-bond acceptors (Lipinski definition) is 4. The number of carbonyl (C=O) groups is 1. The van der Waals surface area contributed by atoms with Gasteiger partial charge < -0.3 is 19.9 Å². The van der Waals surface area contributed by atoms with Crippen LogP contribution in [-0.2, 0) is 11.3 Å². The predicted octanol–water partition coefficient (Wildman–Crippen LogP) is 2.39. The Morgan fingerprint density at radius 2 is 2.08 bits per heavy atom. The van der Waals surface area contributed by atoms with Crippen molar-refractivity contribution in [2.75, 3.05) is 37.7 Å². The van der Waals surface area contributed by atoms with Crippen LogP contribution in [0, 0.1) is 0 Å². The molecule has 1 aromatic rings. The minimum atomic E-state index is -0.270. The van der Waals surface area contributed by atoms with Gasteiger partial charge in [0.25, 0.3) is 0 Å². The molecule has 0 aromatic carbocycles. The summed E-state index contributed by atoms with van der Waals surface area (Å²) in [5.74, 6) is 1.02. The quantitative estimate of drug-likeness (QED) is 0.923. The summed E-state index contributed by atoms with van der Waals surface area (Å²) in [6.07, 6.45) is 5.61. The lowest BCUT2D eigenvalue weighted by Gasteiger charge is -2.38. The zero-order chi connectivity index (χ0) is 17.0. The van der Waals surface area contributed by atoms with Gasteiger partial charge >= 0.3 is 6.03 Å². The largest absolute Gasteiger partial charge is 0.372 e. The van der Waals surface area contributed by atoms with Crippen LogP contribution in [0.4, 0.5) is 10.6 Å². The third kappa shape index (κ3) is 4.38. The highest BCUT2D eigenvalue weighted by Gasteiger charge is 2.29. The van der Waals surface area contributed by atoms with Gasteiger partial charge in [-0.2, -0.15) is 0 Å². The number of hydrogen-bond donors (Lipinski definition) is 1. The van der Waals surface area contributed by atoms with E-state index in [9.17, 15) is 4.79 Å². The van der Waals surface area contributed by atoms with E-state index in [0.29, 0.717) is 26.2 Å². The maximum absolute atomic E-state index is 12.4. The lowest BCUT2D eigenvalue weighted by molar-refractivity contribution is -0.0733. The van der Waals surface area contributed by atoms with Crippen molar-refractivity contribution in [1.29, 1.82) is 0 Å². The van der Waals surface area contributed by atoms with Gasteiger partial charge in [0.15, 0.2) is 0 Å². The van der Waals surface area contributed by atoms with E-state index in [1.165, 1.54) is 19.3 Å². The molecule has 1 aromatic heterocycles. The van der Waals surface area contributed by atoms with Gasteiger partial charge in [-0.15, -0.1) is 0 Å². The third-order valence-corrected chi connectivity index (χ3v) is 4.65. The van der Waals surface area contributed by atoms with Crippen LogP contribution in [0.3, 0.4) is 0 Å². The molecule has 0 aliphatic carbocycles. The monoisotopic (exact) mass is 332 g/mol. The van der Waals surface area contributed by atoms with E-state index in [2.05, 4.69) is 21.3 Å². The van der Waals surface area contributed by atoms with Gasteiger partial charge in [0, 0.05) is 32.4 Å². The summed E-state index contributed by atoms with van der Waals surface area (Å²) < 4.78 is 5.66. The van der Waals surface area contributed by atoms with Crippen LogP contribution in [-0.4, -0.2) is 54.3 Å². The van der Waals surface area contributed by atoms with Crippen molar-refractivity contribution in [2.24, 2.45) is 0 Å². The van der Waals surface area contributed by atoms with E-state index >= 15 is 0 Å². The van der Waals surface area contributed by atoms with Gasteiger partial charge in [-0.25, -0.2) is 9.78 Å². The molecule has 24 heavy (non-hydrogen) atoms. The Bertz CT molecular complexity index is 570. The summed E-state index contributed by atoms with van der Waals surface area (Å²) in [5, 5.41) is 3.02. The molecular weight excluding hydrogens is 304 g/mol. The third-order valence-electron chi connectivity index (χ3n) is 4.65. The minimum absolute atomic E-state index is 0.0253. The van der Waals surface area contributed by atoms with E-state index in [1.54, 1.807) is 0 Å². The first-order valence-electron chi connectivity index (χ1n) is 8.90. The summed E-state index contributed by atoms with van der Waals surface area (Å²) in [7, 11) is 0. The Morgan fingerprint density at radius 1 is 1.29 bits per heavy atom. The van der Waals surface area contributed by atoms with E-state index in [0.717, 1.165) is 24.5 Å². The molecule has 6 nitrogen and oxygen atoms in total. The highest BCUT2D eigenvalue weighted by atomic mass is 16.5. The molecule has 2 fully saturated rings. The van der Waals surface area contributed by atoms with Crippen LogP contribution in [0.25, 0.3) is 0 Å². The maximum Gasteiger partial charge on any atom is 0.317 e. The molecule has 2 amide bonds. The Kier molecular flexibility index (Phi) is 5.23. The molecule has 0 bridgehead atoms. The lowest BCUT2D eigenvalue weighted by atomic mass is 10.1. The van der Waals surface area contributed by atoms with Gasteiger partial charge in [0.2, 0.25) is 0 Å². The number of morpholine rings is 1. The van der Waals surface area contributed by atoms with Gasteiger partial charge in [-0.3, -0.25) is 0 Å². The highest BCUT2D eigenvalue weighted by molar-refractivity contribution is 5.74. The molecule has 0 spiro atoms. The number of rotatable bonds is 3. The zero-order valence-electron chi connectivity index (χ0n) is 14.8. The van der Waals surface area contributed by atoms with E-state index < -0.39 is 0 Å². The number of urea groups is 1. The van der Waals surface area contributed by atoms with Crippen LogP contribution in [0.2, 0.25) is 0 Å². The zero-order valence-corrected chi connectivity index (χ0v) is 14.8. The maximum atomic E-state index is 12.4. The van der Waals surface area contributed by atoms with Crippen LogP contribution in [0.1, 0.15) is 38.7 Å². The molecule has 3 rings (SSSR count). The number of ether oxygens (including phenoxy) is 1. The molecule has 0 atom stereocenters. The summed E-state index contributed by atoms with van der Waals surface area (Å²) in [5.41, 5.74) is 0.819. The molecule has 0 unspecified atom stereocenters. The van der Waals surface area contributed by atoms with Gasteiger partial charge in [-0.05, 0) is 50.8 Å². The van der Waals surface area contributed by atoms with Crippen molar-refractivity contribution in [3.05, 3.63) is 23.9 Å². The summed E-state index contributed by atoms with van der Waals surface area (Å²) >= 11 is 0. The molecule has 132 valence electrons. The Hall–Kier alpha value is -1.82. The second kappa shape index (κ2) is 7.38. The van der Waals surface area contributed by atoms with E-state index in [4.69, 9.17) is 4.74 Å². The molecule has 2 aliphatic rings. The first-order valence-corrected chi connectivity index (χ1v) is 8.90. The average Bonchev–Trinajstić information content (AvgIpc) is 2.60. The fourth-order valence-electron chi connectivity index (χ4n) is 3.35. The van der Waals surface area contributed by atoms with Crippen molar-refractivity contribution >= 4 is 11.8 Å². The van der Waals surface area contributed by atoms with Crippen LogP contribution in [0.5, 0.6) is 0 Å².